The van der Waals surface area contributed by atoms with Crippen molar-refractivity contribution in [3.8, 4) is 0 Å². The minimum Gasteiger partial charge on any atom is -0.384 e. The van der Waals surface area contributed by atoms with Crippen LogP contribution in [0, 0.1) is 12.8 Å². The van der Waals surface area contributed by atoms with Crippen molar-refractivity contribution in [1.82, 2.24) is 4.98 Å². The van der Waals surface area contributed by atoms with Crippen LogP contribution in [0.4, 0.5) is 0 Å². The monoisotopic (exact) mass is 249 g/mol. The van der Waals surface area contributed by atoms with Gasteiger partial charge in [-0.1, -0.05) is 12.5 Å². The van der Waals surface area contributed by atoms with Gasteiger partial charge in [0, 0.05) is 19.4 Å². The number of hydrogen-bond donors (Lipinski definition) is 0. The van der Waals surface area contributed by atoms with Crippen LogP contribution in [-0.4, -0.2) is 24.8 Å². The van der Waals surface area contributed by atoms with E-state index >= 15 is 0 Å². The summed E-state index contributed by atoms with van der Waals surface area (Å²) in [5, 5.41) is 0. The summed E-state index contributed by atoms with van der Waals surface area (Å²) in [5.74, 6) is 0.666. The number of aromatic nitrogens is 1. The molecule has 0 saturated heterocycles. The predicted molar refractivity (Wildman–Crippen MR) is 71.4 cm³/mol. The van der Waals surface area contributed by atoms with Gasteiger partial charge >= 0.3 is 0 Å². The third-order valence-electron chi connectivity index (χ3n) is 3.55. The van der Waals surface area contributed by atoms with Gasteiger partial charge in [0.05, 0.1) is 18.4 Å². The molecule has 1 aromatic heterocycles. The summed E-state index contributed by atoms with van der Waals surface area (Å²) in [6.07, 6.45) is 5.20. The van der Waals surface area contributed by atoms with Crippen LogP contribution in [0.5, 0.6) is 0 Å². The van der Waals surface area contributed by atoms with Gasteiger partial charge in [0.2, 0.25) is 0 Å². The molecule has 3 nitrogen and oxygen atoms in total. The number of ether oxygens (including phenoxy) is 2. The largest absolute Gasteiger partial charge is 0.384 e. The SMILES string of the molecule is COCC1CCCC(OCc2cccc(C)n2)C1. The van der Waals surface area contributed by atoms with Gasteiger partial charge in [-0.25, -0.2) is 0 Å². The van der Waals surface area contributed by atoms with Gasteiger partial charge < -0.3 is 9.47 Å². The number of hydrogen-bond acceptors (Lipinski definition) is 3. The van der Waals surface area contributed by atoms with E-state index in [1.165, 1.54) is 19.3 Å². The van der Waals surface area contributed by atoms with Crippen LogP contribution in [0.15, 0.2) is 18.2 Å². The molecular formula is C15H23NO2. The maximum absolute atomic E-state index is 5.98. The van der Waals surface area contributed by atoms with E-state index in [-0.39, 0.29) is 0 Å². The molecule has 0 spiro atoms. The highest BCUT2D eigenvalue weighted by atomic mass is 16.5. The molecule has 2 rings (SSSR count). The Morgan fingerprint density at radius 3 is 3.00 bits per heavy atom. The van der Waals surface area contributed by atoms with Crippen molar-refractivity contribution in [3.05, 3.63) is 29.6 Å². The molecular weight excluding hydrogens is 226 g/mol. The Hall–Kier alpha value is -0.930. The Balaban J connectivity index is 1.79. The van der Waals surface area contributed by atoms with Crippen LogP contribution in [-0.2, 0) is 16.1 Å². The number of aryl methyl sites for hydroxylation is 1. The molecule has 0 amide bonds. The van der Waals surface area contributed by atoms with Gasteiger partial charge in [-0.15, -0.1) is 0 Å². The summed E-state index contributed by atoms with van der Waals surface area (Å²) in [4.78, 5) is 4.46. The van der Waals surface area contributed by atoms with Gasteiger partial charge in [0.25, 0.3) is 0 Å². The van der Waals surface area contributed by atoms with Crippen molar-refractivity contribution >= 4 is 0 Å². The quantitative estimate of drug-likeness (QED) is 0.803. The molecule has 0 radical (unpaired) electrons. The van der Waals surface area contributed by atoms with E-state index < -0.39 is 0 Å². The van der Waals surface area contributed by atoms with Crippen LogP contribution in [0.1, 0.15) is 37.1 Å². The third kappa shape index (κ3) is 4.07. The zero-order valence-electron chi connectivity index (χ0n) is 11.4. The van der Waals surface area contributed by atoms with Gasteiger partial charge in [-0.3, -0.25) is 4.98 Å². The van der Waals surface area contributed by atoms with Gasteiger partial charge in [0.1, 0.15) is 0 Å². The molecule has 0 N–H and O–H groups in total. The second kappa shape index (κ2) is 6.86. The van der Waals surface area contributed by atoms with Crippen LogP contribution in [0.3, 0.4) is 0 Å². The zero-order valence-corrected chi connectivity index (χ0v) is 11.4. The van der Waals surface area contributed by atoms with E-state index in [1.54, 1.807) is 7.11 Å². The third-order valence-corrected chi connectivity index (χ3v) is 3.55. The Kier molecular flexibility index (Phi) is 5.14. The first-order valence-corrected chi connectivity index (χ1v) is 6.81. The van der Waals surface area contributed by atoms with E-state index in [9.17, 15) is 0 Å². The van der Waals surface area contributed by atoms with Crippen LogP contribution >= 0.6 is 0 Å². The van der Waals surface area contributed by atoms with Crippen LogP contribution in [0.25, 0.3) is 0 Å². The molecule has 2 atom stereocenters. The molecule has 0 aromatic carbocycles. The summed E-state index contributed by atoms with van der Waals surface area (Å²) in [6.45, 7) is 3.51. The van der Waals surface area contributed by atoms with Gasteiger partial charge in [-0.2, -0.15) is 0 Å². The molecule has 1 aliphatic rings. The van der Waals surface area contributed by atoms with E-state index in [0.717, 1.165) is 24.4 Å². The second-order valence-corrected chi connectivity index (χ2v) is 5.19. The smallest absolute Gasteiger partial charge is 0.0891 e. The van der Waals surface area contributed by atoms with Crippen molar-refractivity contribution in [3.63, 3.8) is 0 Å². The standard InChI is InChI=1S/C15H23NO2/c1-12-5-3-7-14(16-12)11-18-15-8-4-6-13(9-15)10-17-2/h3,5,7,13,15H,4,6,8-11H2,1-2H3. The summed E-state index contributed by atoms with van der Waals surface area (Å²) < 4.78 is 11.2. The van der Waals surface area contributed by atoms with E-state index in [0.29, 0.717) is 18.6 Å². The Labute approximate surface area is 110 Å². The molecule has 1 saturated carbocycles. The van der Waals surface area contributed by atoms with Crippen LogP contribution < -0.4 is 0 Å². The number of nitrogens with zero attached hydrogens (tertiary/aromatic N) is 1. The zero-order chi connectivity index (χ0) is 12.8. The Morgan fingerprint density at radius 2 is 2.22 bits per heavy atom. The van der Waals surface area contributed by atoms with E-state index in [4.69, 9.17) is 9.47 Å². The topological polar surface area (TPSA) is 31.4 Å². The average molecular weight is 249 g/mol. The second-order valence-electron chi connectivity index (χ2n) is 5.19. The summed E-state index contributed by atoms with van der Waals surface area (Å²) in [5.41, 5.74) is 2.08. The first-order valence-electron chi connectivity index (χ1n) is 6.81. The maximum atomic E-state index is 5.98. The summed E-state index contributed by atoms with van der Waals surface area (Å²) in [6, 6.07) is 6.08. The fourth-order valence-corrected chi connectivity index (χ4v) is 2.66. The molecule has 3 heteroatoms. The Bertz CT molecular complexity index is 365. The first-order chi connectivity index (χ1) is 8.78. The highest BCUT2D eigenvalue weighted by Gasteiger charge is 2.22. The lowest BCUT2D eigenvalue weighted by molar-refractivity contribution is -0.0115. The van der Waals surface area contributed by atoms with Crippen molar-refractivity contribution in [2.24, 2.45) is 5.92 Å². The predicted octanol–water partition coefficient (Wildman–Crippen LogP) is 3.11. The Morgan fingerprint density at radius 1 is 1.33 bits per heavy atom. The lowest BCUT2D eigenvalue weighted by Crippen LogP contribution is -2.25. The van der Waals surface area contributed by atoms with Gasteiger partial charge in [0.15, 0.2) is 0 Å². The minimum atomic E-state index is 0.376. The highest BCUT2D eigenvalue weighted by molar-refractivity contribution is 5.08. The molecule has 0 bridgehead atoms. The van der Waals surface area contributed by atoms with Gasteiger partial charge in [-0.05, 0) is 44.2 Å². The number of pyridine rings is 1. The number of rotatable bonds is 5. The lowest BCUT2D eigenvalue weighted by Gasteiger charge is -2.28. The molecule has 1 fully saturated rings. The van der Waals surface area contributed by atoms with Crippen LogP contribution in [0.2, 0.25) is 0 Å². The van der Waals surface area contributed by atoms with Crippen molar-refractivity contribution in [2.75, 3.05) is 13.7 Å². The average Bonchev–Trinajstić information content (AvgIpc) is 2.37. The summed E-state index contributed by atoms with van der Waals surface area (Å²) in [7, 11) is 1.78. The highest BCUT2D eigenvalue weighted by Crippen LogP contribution is 2.27. The molecule has 100 valence electrons. The fourth-order valence-electron chi connectivity index (χ4n) is 2.66. The minimum absolute atomic E-state index is 0.376. The molecule has 1 aliphatic carbocycles. The molecule has 0 aliphatic heterocycles. The summed E-state index contributed by atoms with van der Waals surface area (Å²) >= 11 is 0. The van der Waals surface area contributed by atoms with E-state index in [1.807, 2.05) is 25.1 Å². The van der Waals surface area contributed by atoms with Crippen molar-refractivity contribution < 1.29 is 9.47 Å². The maximum Gasteiger partial charge on any atom is 0.0891 e. The molecule has 2 unspecified atom stereocenters. The molecule has 18 heavy (non-hydrogen) atoms. The van der Waals surface area contributed by atoms with E-state index in [2.05, 4.69) is 4.98 Å². The fraction of sp³-hybridized carbons (Fsp3) is 0.667. The molecule has 1 aromatic rings. The normalized spacial score (nSPS) is 24.1. The molecule has 1 heterocycles. The first kappa shape index (κ1) is 13.5. The lowest BCUT2D eigenvalue weighted by atomic mass is 9.88. The number of methoxy groups -OCH3 is 1. The van der Waals surface area contributed by atoms with Crippen molar-refractivity contribution in [1.29, 1.82) is 0 Å². The van der Waals surface area contributed by atoms with Crippen molar-refractivity contribution in [2.45, 2.75) is 45.3 Å².